The quantitative estimate of drug-likeness (QED) is 0.187. The van der Waals surface area contributed by atoms with E-state index < -0.39 is 16.0 Å². The fourth-order valence-corrected chi connectivity index (χ4v) is 3.67. The Balaban J connectivity index is 1.66. The summed E-state index contributed by atoms with van der Waals surface area (Å²) in [5, 5.41) is 4.21. The number of methoxy groups -OCH3 is 1. The van der Waals surface area contributed by atoms with E-state index in [1.165, 1.54) is 43.7 Å². The molecule has 8 nitrogen and oxygen atoms in total. The second-order valence-corrected chi connectivity index (χ2v) is 9.08. The molecule has 0 atom stereocenters. The first-order valence-electron chi connectivity index (χ1n) is 10.3. The maximum Gasteiger partial charge on any atom is 0.343 e. The van der Waals surface area contributed by atoms with Crippen LogP contribution in [-0.4, -0.2) is 34.3 Å². The van der Waals surface area contributed by atoms with Gasteiger partial charge in [-0.2, -0.15) is 13.5 Å². The number of nitrogens with one attached hydrogen (secondary N) is 1. The van der Waals surface area contributed by atoms with Gasteiger partial charge in [0.1, 0.15) is 5.75 Å². The van der Waals surface area contributed by atoms with Crippen LogP contribution in [0.15, 0.2) is 76.7 Å². The van der Waals surface area contributed by atoms with Gasteiger partial charge in [-0.25, -0.2) is 9.63 Å². The number of nitrogens with zero attached hydrogens (tertiary/aromatic N) is 1. The first-order valence-corrected chi connectivity index (χ1v) is 12.1. The van der Waals surface area contributed by atoms with Gasteiger partial charge in [-0.15, -0.1) is 0 Å². The molecular formula is C24H23ClN2O6S. The van der Waals surface area contributed by atoms with Gasteiger partial charge >= 0.3 is 5.97 Å². The van der Waals surface area contributed by atoms with Gasteiger partial charge in [-0.1, -0.05) is 18.5 Å². The molecule has 0 saturated carbocycles. The summed E-state index contributed by atoms with van der Waals surface area (Å²) in [6, 6.07) is 17.0. The molecule has 0 aliphatic carbocycles. The van der Waals surface area contributed by atoms with Crippen molar-refractivity contribution in [3.05, 3.63) is 82.9 Å². The molecule has 3 aromatic carbocycles. The van der Waals surface area contributed by atoms with Gasteiger partial charge in [-0.05, 0) is 78.7 Å². The smallest absolute Gasteiger partial charge is 0.343 e. The maximum absolute atomic E-state index is 12.5. The van der Waals surface area contributed by atoms with E-state index in [0.29, 0.717) is 28.5 Å². The SMILES string of the molecule is CCCOc1ccc(C(=O)Oc2ccc(C=NNS(=O)(=O)c3ccc(Cl)cc3)cc2OC)cc1. The molecule has 0 spiro atoms. The van der Waals surface area contributed by atoms with Gasteiger partial charge in [0.15, 0.2) is 11.5 Å². The topological polar surface area (TPSA) is 103 Å². The Morgan fingerprint density at radius 1 is 1.03 bits per heavy atom. The summed E-state index contributed by atoms with van der Waals surface area (Å²) in [7, 11) is -2.41. The number of esters is 1. The lowest BCUT2D eigenvalue weighted by molar-refractivity contribution is 0.0729. The molecule has 0 aliphatic heterocycles. The van der Waals surface area contributed by atoms with Crippen LogP contribution < -0.4 is 19.0 Å². The highest BCUT2D eigenvalue weighted by Crippen LogP contribution is 2.28. The molecule has 34 heavy (non-hydrogen) atoms. The third kappa shape index (κ3) is 6.72. The van der Waals surface area contributed by atoms with Gasteiger partial charge in [0.05, 0.1) is 30.4 Å². The summed E-state index contributed by atoms with van der Waals surface area (Å²) in [5.41, 5.74) is 0.876. The van der Waals surface area contributed by atoms with Crippen LogP contribution in [-0.2, 0) is 10.0 Å². The van der Waals surface area contributed by atoms with Gasteiger partial charge < -0.3 is 14.2 Å². The number of carbonyl (C=O) groups is 1. The van der Waals surface area contributed by atoms with Crippen molar-refractivity contribution in [2.75, 3.05) is 13.7 Å². The fraction of sp³-hybridized carbons (Fsp3) is 0.167. The Kier molecular flexibility index (Phi) is 8.50. The number of rotatable bonds is 10. The minimum atomic E-state index is -3.84. The van der Waals surface area contributed by atoms with Crippen molar-refractivity contribution in [3.8, 4) is 17.2 Å². The van der Waals surface area contributed by atoms with E-state index in [1.54, 1.807) is 36.4 Å². The van der Waals surface area contributed by atoms with Crippen LogP contribution in [0.1, 0.15) is 29.3 Å². The molecular weight excluding hydrogens is 480 g/mol. The fourth-order valence-electron chi connectivity index (χ4n) is 2.75. The van der Waals surface area contributed by atoms with Crippen LogP contribution in [0, 0.1) is 0 Å². The average molecular weight is 503 g/mol. The zero-order valence-electron chi connectivity index (χ0n) is 18.5. The van der Waals surface area contributed by atoms with E-state index in [2.05, 4.69) is 9.93 Å². The van der Waals surface area contributed by atoms with Crippen molar-refractivity contribution in [1.29, 1.82) is 0 Å². The van der Waals surface area contributed by atoms with Crippen LogP contribution >= 0.6 is 11.6 Å². The van der Waals surface area contributed by atoms with E-state index in [4.69, 9.17) is 25.8 Å². The lowest BCUT2D eigenvalue weighted by Crippen LogP contribution is -2.18. The molecule has 0 bridgehead atoms. The summed E-state index contributed by atoms with van der Waals surface area (Å²) < 4.78 is 40.8. The maximum atomic E-state index is 12.5. The molecule has 0 saturated heterocycles. The van der Waals surface area contributed by atoms with Crippen molar-refractivity contribution in [2.24, 2.45) is 5.10 Å². The summed E-state index contributed by atoms with van der Waals surface area (Å²) in [4.78, 5) is 14.7. The summed E-state index contributed by atoms with van der Waals surface area (Å²) in [5.74, 6) is 0.599. The molecule has 10 heteroatoms. The normalized spacial score (nSPS) is 11.3. The molecule has 1 N–H and O–H groups in total. The number of ether oxygens (including phenoxy) is 3. The highest BCUT2D eigenvalue weighted by atomic mass is 35.5. The largest absolute Gasteiger partial charge is 0.494 e. The molecule has 0 unspecified atom stereocenters. The van der Waals surface area contributed by atoms with Crippen molar-refractivity contribution in [1.82, 2.24) is 4.83 Å². The molecule has 178 valence electrons. The van der Waals surface area contributed by atoms with Crippen LogP contribution in [0.2, 0.25) is 5.02 Å². The Hall–Kier alpha value is -3.56. The highest BCUT2D eigenvalue weighted by Gasteiger charge is 2.14. The minimum Gasteiger partial charge on any atom is -0.494 e. The van der Waals surface area contributed by atoms with Gasteiger partial charge in [0.25, 0.3) is 10.0 Å². The van der Waals surface area contributed by atoms with Crippen LogP contribution in [0.25, 0.3) is 0 Å². The van der Waals surface area contributed by atoms with Gasteiger partial charge in [0.2, 0.25) is 0 Å². The van der Waals surface area contributed by atoms with E-state index >= 15 is 0 Å². The van der Waals surface area contributed by atoms with E-state index in [-0.39, 0.29) is 16.4 Å². The second-order valence-electron chi connectivity index (χ2n) is 6.98. The number of hydrazone groups is 1. The number of halogens is 1. The molecule has 0 aliphatic rings. The lowest BCUT2D eigenvalue weighted by Gasteiger charge is -2.10. The molecule has 0 fully saturated rings. The summed E-state index contributed by atoms with van der Waals surface area (Å²) >= 11 is 5.78. The number of hydrogen-bond acceptors (Lipinski definition) is 7. The predicted molar refractivity (Wildman–Crippen MR) is 130 cm³/mol. The predicted octanol–water partition coefficient (Wildman–Crippen LogP) is 4.67. The van der Waals surface area contributed by atoms with Crippen molar-refractivity contribution >= 4 is 33.8 Å². The molecule has 3 rings (SSSR count). The summed E-state index contributed by atoms with van der Waals surface area (Å²) in [6.45, 7) is 2.61. The first kappa shape index (κ1) is 25.1. The van der Waals surface area contributed by atoms with E-state index in [9.17, 15) is 13.2 Å². The van der Waals surface area contributed by atoms with Crippen LogP contribution in [0.3, 0.4) is 0 Å². The third-order valence-corrected chi connectivity index (χ3v) is 5.95. The van der Waals surface area contributed by atoms with Gasteiger partial charge in [0, 0.05) is 5.02 Å². The number of hydrogen-bond donors (Lipinski definition) is 1. The van der Waals surface area contributed by atoms with E-state index in [0.717, 1.165) is 6.42 Å². The molecule has 0 aromatic heterocycles. The summed E-state index contributed by atoms with van der Waals surface area (Å²) in [6.07, 6.45) is 2.19. The molecule has 0 heterocycles. The van der Waals surface area contributed by atoms with Crippen molar-refractivity contribution < 1.29 is 27.4 Å². The average Bonchev–Trinajstić information content (AvgIpc) is 2.84. The Bertz CT molecular complexity index is 1260. The Morgan fingerprint density at radius 2 is 1.74 bits per heavy atom. The Labute approximate surface area is 203 Å². The second kappa shape index (κ2) is 11.5. The van der Waals surface area contributed by atoms with E-state index in [1.807, 2.05) is 6.92 Å². The molecule has 0 radical (unpaired) electrons. The highest BCUT2D eigenvalue weighted by molar-refractivity contribution is 7.89. The molecule has 3 aromatic rings. The number of carbonyl (C=O) groups excluding carboxylic acids is 1. The standard InChI is InChI=1S/C24H23ClN2O6S/c1-3-14-32-20-9-5-18(6-10-20)24(28)33-22-13-4-17(15-23(22)31-2)16-26-27-34(29,30)21-11-7-19(25)8-12-21/h4-13,15-16,27H,3,14H2,1-2H3. The molecule has 0 amide bonds. The van der Waals surface area contributed by atoms with Gasteiger partial charge in [-0.3, -0.25) is 0 Å². The van der Waals surface area contributed by atoms with Crippen molar-refractivity contribution in [3.63, 3.8) is 0 Å². The zero-order chi connectivity index (χ0) is 24.6. The zero-order valence-corrected chi connectivity index (χ0v) is 20.1. The Morgan fingerprint density at radius 3 is 2.38 bits per heavy atom. The van der Waals surface area contributed by atoms with Crippen LogP contribution in [0.5, 0.6) is 17.2 Å². The monoisotopic (exact) mass is 502 g/mol. The third-order valence-electron chi connectivity index (χ3n) is 4.46. The van der Waals surface area contributed by atoms with Crippen LogP contribution in [0.4, 0.5) is 0 Å². The first-order chi connectivity index (χ1) is 16.3. The number of benzene rings is 3. The van der Waals surface area contributed by atoms with Crippen molar-refractivity contribution in [2.45, 2.75) is 18.2 Å². The lowest BCUT2D eigenvalue weighted by atomic mass is 10.2. The minimum absolute atomic E-state index is 0.0267. The number of sulfonamides is 1.